The van der Waals surface area contributed by atoms with E-state index in [1.807, 2.05) is 72.8 Å². The molecule has 2 rings (SSSR count). The molecule has 0 N–H and O–H groups in total. The van der Waals surface area contributed by atoms with Gasteiger partial charge >= 0.3 is 74.4 Å². The summed E-state index contributed by atoms with van der Waals surface area (Å²) in [4.78, 5) is 0. The predicted octanol–water partition coefficient (Wildman–Crippen LogP) is 9.09. The average molecular weight is 701 g/mol. The Morgan fingerprint density at radius 1 is 0.244 bits per heavy atom. The van der Waals surface area contributed by atoms with Gasteiger partial charge in [0.15, 0.2) is 0 Å². The second-order valence-electron chi connectivity index (χ2n) is 15.7. The van der Waals surface area contributed by atoms with Gasteiger partial charge in [0.05, 0.1) is 0 Å². The van der Waals surface area contributed by atoms with Gasteiger partial charge in [0, 0.05) is 0 Å². The smallest absolute Gasteiger partial charge is 0.668 e. The van der Waals surface area contributed by atoms with Crippen LogP contribution in [0.4, 0.5) is 0 Å². The third-order valence-corrected chi connectivity index (χ3v) is 19.4. The van der Waals surface area contributed by atoms with E-state index in [1.165, 1.54) is 0 Å². The van der Waals surface area contributed by atoms with Crippen molar-refractivity contribution in [2.24, 2.45) is 0 Å². The largest absolute Gasteiger partial charge is 2.00 e. The molecule has 0 spiro atoms. The molecule has 0 heterocycles. The van der Waals surface area contributed by atoms with Crippen molar-refractivity contribution in [1.82, 2.24) is 0 Å². The molecule has 0 aromatic heterocycles. The molecule has 0 radical (unpaired) electrons. The van der Waals surface area contributed by atoms with Crippen LogP contribution in [0.1, 0.15) is 0 Å². The number of nitrogens with zero attached hydrogens (tertiary/aromatic N) is 3. The quantitative estimate of drug-likeness (QED) is 0.270. The van der Waals surface area contributed by atoms with Crippen molar-refractivity contribution < 1.29 is 51.4 Å². The van der Waals surface area contributed by atoms with Crippen LogP contribution in [-0.4, -0.2) is 72.5 Å². The van der Waals surface area contributed by atoms with Gasteiger partial charge in [-0.15, -0.1) is 0 Å². The van der Waals surface area contributed by atoms with E-state index in [1.54, 1.807) is 0 Å². The molecule has 0 unspecified atom stereocenters. The Balaban J connectivity index is -0.000000131. The van der Waals surface area contributed by atoms with Crippen LogP contribution in [0, 0.1) is 0 Å². The molecule has 2 aromatic rings. The Labute approximate surface area is 324 Å². The maximum Gasteiger partial charge on any atom is 2.00 e. The van der Waals surface area contributed by atoms with Gasteiger partial charge < -0.3 is 13.9 Å². The Bertz CT molecular complexity index is 625. The molecular weight excluding hydrogens is 634 g/mol. The SMILES string of the molecule is C[Si](C)(C)[N-][Si](C)(C)C.C[Si](C)(C)[N-][Si](C)(C)C.C[Si](C)(C)[N-][Si](C)(C)C.[K+].[Mg+2].c1ccccc1.c1ccccc1. The molecule has 2 aromatic carbocycles. The van der Waals surface area contributed by atoms with E-state index in [0.29, 0.717) is 0 Å². The monoisotopic (exact) mass is 699 g/mol. The summed E-state index contributed by atoms with van der Waals surface area (Å²) in [5, 5.41) is 0. The standard InChI is InChI=1S/3C6H18NSi2.2C6H6.K.Mg/c3*1-8(2,3)7-9(4,5)6;2*1-2-4-6-5-3-1;;/h3*1-6H3;2*1-6H;;/q3*-1;;;+1;+2. The van der Waals surface area contributed by atoms with Gasteiger partial charge in [-0.1, -0.05) is 240 Å². The minimum absolute atomic E-state index is 0. The van der Waals surface area contributed by atoms with Crippen molar-refractivity contribution in [2.45, 2.75) is 118 Å². The Kier molecular flexibility index (Phi) is 32.2. The summed E-state index contributed by atoms with van der Waals surface area (Å²) in [7, 11) is -6.64. The number of hydrogen-bond donors (Lipinski definition) is 0. The van der Waals surface area contributed by atoms with E-state index < -0.39 is 49.4 Å². The van der Waals surface area contributed by atoms with Gasteiger partial charge in [0.1, 0.15) is 0 Å². The zero-order chi connectivity index (χ0) is 31.6. The number of hydrogen-bond acceptors (Lipinski definition) is 0. The van der Waals surface area contributed by atoms with Crippen LogP contribution in [0.25, 0.3) is 13.9 Å². The van der Waals surface area contributed by atoms with Crippen molar-refractivity contribution >= 4 is 72.5 Å². The van der Waals surface area contributed by atoms with Gasteiger partial charge in [-0.25, -0.2) is 0 Å². The predicted molar refractivity (Wildman–Crippen MR) is 209 cm³/mol. The van der Waals surface area contributed by atoms with E-state index >= 15 is 0 Å². The summed E-state index contributed by atoms with van der Waals surface area (Å²) in [6, 6.07) is 24.0. The molecule has 3 nitrogen and oxygen atoms in total. The van der Waals surface area contributed by atoms with E-state index in [9.17, 15) is 0 Å². The van der Waals surface area contributed by atoms with Crippen molar-refractivity contribution in [3.05, 3.63) is 86.7 Å². The zero-order valence-corrected chi connectivity index (χ0v) is 41.5. The van der Waals surface area contributed by atoms with Crippen LogP contribution in [0.2, 0.25) is 118 Å². The average Bonchev–Trinajstić information content (AvgIpc) is 2.64. The van der Waals surface area contributed by atoms with Crippen LogP contribution in [0.3, 0.4) is 0 Å². The molecule has 0 aliphatic carbocycles. The third-order valence-electron chi connectivity index (χ3n) is 3.35. The first-order chi connectivity index (χ1) is 17.1. The molecule has 0 amide bonds. The third kappa shape index (κ3) is 65.6. The Morgan fingerprint density at radius 3 is 0.341 bits per heavy atom. The Hall–Kier alpha value is 2.02. The van der Waals surface area contributed by atoms with Gasteiger partial charge in [0.2, 0.25) is 0 Å². The molecular formula is C30H66KMgN3Si6. The molecule has 11 heteroatoms. The van der Waals surface area contributed by atoms with E-state index in [0.717, 1.165) is 0 Å². The molecule has 41 heavy (non-hydrogen) atoms. The topological polar surface area (TPSA) is 42.3 Å². The molecule has 228 valence electrons. The summed E-state index contributed by atoms with van der Waals surface area (Å²) >= 11 is 0. The molecule has 0 saturated carbocycles. The van der Waals surface area contributed by atoms with Gasteiger partial charge in [-0.2, -0.15) is 0 Å². The Morgan fingerprint density at radius 2 is 0.317 bits per heavy atom. The van der Waals surface area contributed by atoms with E-state index in [4.69, 9.17) is 13.9 Å². The summed E-state index contributed by atoms with van der Waals surface area (Å²) in [6.07, 6.45) is 0. The van der Waals surface area contributed by atoms with Crippen molar-refractivity contribution in [3.63, 3.8) is 0 Å². The molecule has 0 fully saturated rings. The number of rotatable bonds is 6. The maximum absolute atomic E-state index is 4.82. The fourth-order valence-corrected chi connectivity index (χ4v) is 27.9. The maximum atomic E-state index is 4.82. The first-order valence-electron chi connectivity index (χ1n) is 14.3. The van der Waals surface area contributed by atoms with Gasteiger partial charge in [-0.3, -0.25) is 0 Å². The van der Waals surface area contributed by atoms with Crippen LogP contribution in [0.15, 0.2) is 72.8 Å². The van der Waals surface area contributed by atoms with Gasteiger partial charge in [0.25, 0.3) is 0 Å². The van der Waals surface area contributed by atoms with E-state index in [-0.39, 0.29) is 74.4 Å². The zero-order valence-electron chi connectivity index (χ0n) is 31.0. The minimum atomic E-state index is -1.11. The summed E-state index contributed by atoms with van der Waals surface area (Å²) in [6.45, 7) is 41.3. The molecule has 0 atom stereocenters. The number of benzene rings is 2. The minimum Gasteiger partial charge on any atom is -0.668 e. The van der Waals surface area contributed by atoms with Gasteiger partial charge in [-0.05, 0) is 0 Å². The summed E-state index contributed by atoms with van der Waals surface area (Å²) in [5.41, 5.74) is 0. The van der Waals surface area contributed by atoms with Crippen molar-refractivity contribution in [2.75, 3.05) is 0 Å². The summed E-state index contributed by atoms with van der Waals surface area (Å²) in [5.74, 6) is 0. The van der Waals surface area contributed by atoms with Crippen LogP contribution in [-0.2, 0) is 0 Å². The van der Waals surface area contributed by atoms with Crippen molar-refractivity contribution in [1.29, 1.82) is 0 Å². The van der Waals surface area contributed by atoms with Crippen LogP contribution >= 0.6 is 0 Å². The van der Waals surface area contributed by atoms with Crippen molar-refractivity contribution in [3.8, 4) is 0 Å². The fourth-order valence-electron chi connectivity index (χ4n) is 3.79. The molecule has 0 aliphatic rings. The van der Waals surface area contributed by atoms with E-state index in [2.05, 4.69) is 118 Å². The molecule has 0 bridgehead atoms. The first-order valence-corrected chi connectivity index (χ1v) is 35.0. The molecule has 0 aliphatic heterocycles. The summed E-state index contributed by atoms with van der Waals surface area (Å²) < 4.78 is 14.5. The second kappa shape index (κ2) is 25.2. The normalized spacial score (nSPS) is 11.6. The fraction of sp³-hybridized carbons (Fsp3) is 0.600. The van der Waals surface area contributed by atoms with Crippen LogP contribution in [0.5, 0.6) is 0 Å². The first kappa shape index (κ1) is 52.6. The molecule has 0 saturated heterocycles. The second-order valence-corrected chi connectivity index (χ2v) is 44.4. The van der Waals surface area contributed by atoms with Crippen LogP contribution < -0.4 is 51.4 Å².